The van der Waals surface area contributed by atoms with Gasteiger partial charge in [0.1, 0.15) is 6.07 Å². The van der Waals surface area contributed by atoms with E-state index in [1.54, 1.807) is 24.3 Å². The lowest BCUT2D eigenvalue weighted by molar-refractivity contribution is -0.105. The predicted molar refractivity (Wildman–Crippen MR) is 71.8 cm³/mol. The Labute approximate surface area is 111 Å². The maximum absolute atomic E-state index is 8.71. The van der Waals surface area contributed by atoms with Gasteiger partial charge < -0.3 is 15.2 Å². The number of rotatable bonds is 6. The van der Waals surface area contributed by atoms with Crippen molar-refractivity contribution in [3.63, 3.8) is 0 Å². The first kappa shape index (κ1) is 14.6. The van der Waals surface area contributed by atoms with Crippen LogP contribution in [0.15, 0.2) is 29.4 Å². The monoisotopic (exact) mass is 261 g/mol. The molecule has 0 unspecified atom stereocenters. The molecule has 7 heteroatoms. The number of hydrogen-bond donors (Lipinski definition) is 3. The maximum Gasteiger partial charge on any atom is 0.201 e. The number of nitriles is 1. The average molecular weight is 261 g/mol. The van der Waals surface area contributed by atoms with Crippen molar-refractivity contribution in [2.24, 2.45) is 10.8 Å². The number of hydrogen-bond acceptors (Lipinski definition) is 6. The molecule has 0 amide bonds. The quantitative estimate of drug-likeness (QED) is 0.308. The Morgan fingerprint density at radius 2 is 2.16 bits per heavy atom. The number of benzene rings is 1. The van der Waals surface area contributed by atoms with Gasteiger partial charge in [-0.3, -0.25) is 10.8 Å². The average Bonchev–Trinajstić information content (AvgIpc) is 2.41. The van der Waals surface area contributed by atoms with Crippen molar-refractivity contribution >= 4 is 17.2 Å². The third-order valence-corrected chi connectivity index (χ3v) is 2.24. The van der Waals surface area contributed by atoms with E-state index in [0.29, 0.717) is 5.69 Å². The molecule has 0 aliphatic heterocycles. The zero-order valence-corrected chi connectivity index (χ0v) is 10.7. The van der Waals surface area contributed by atoms with Crippen molar-refractivity contribution in [3.8, 4) is 6.07 Å². The molecule has 0 aliphatic carbocycles. The Kier molecular flexibility index (Phi) is 5.47. The second-order valence-electron chi connectivity index (χ2n) is 3.53. The lowest BCUT2D eigenvalue weighted by Crippen LogP contribution is -2.21. The van der Waals surface area contributed by atoms with Gasteiger partial charge in [0.15, 0.2) is 12.1 Å². The Bertz CT molecular complexity index is 517. The SMILES string of the molecule is COC(OC)c1cccc(N/N=C(\C#N)C(=N)N)c1. The first-order valence-electron chi connectivity index (χ1n) is 5.36. The van der Waals surface area contributed by atoms with Gasteiger partial charge in [-0.1, -0.05) is 12.1 Å². The van der Waals surface area contributed by atoms with Crippen LogP contribution in [0.1, 0.15) is 11.9 Å². The minimum Gasteiger partial charge on any atom is -0.382 e. The normalized spacial score (nSPS) is 11.2. The smallest absolute Gasteiger partial charge is 0.201 e. The highest BCUT2D eigenvalue weighted by Crippen LogP contribution is 2.20. The van der Waals surface area contributed by atoms with E-state index in [1.807, 2.05) is 6.07 Å². The molecule has 0 saturated heterocycles. The standard InChI is InChI=1S/C12H15N5O2/c1-18-12(19-2)8-4-3-5-9(6-8)16-17-10(7-13)11(14)15/h3-6,12,16H,1-2H3,(H3,14,15)/b17-10+. The van der Waals surface area contributed by atoms with E-state index in [9.17, 15) is 0 Å². The summed E-state index contributed by atoms with van der Waals surface area (Å²) >= 11 is 0. The van der Waals surface area contributed by atoms with Crippen LogP contribution in [0.3, 0.4) is 0 Å². The number of methoxy groups -OCH3 is 2. The summed E-state index contributed by atoms with van der Waals surface area (Å²) < 4.78 is 10.3. The summed E-state index contributed by atoms with van der Waals surface area (Å²) in [6.07, 6.45) is -0.478. The van der Waals surface area contributed by atoms with Crippen molar-refractivity contribution in [2.45, 2.75) is 6.29 Å². The van der Waals surface area contributed by atoms with E-state index >= 15 is 0 Å². The summed E-state index contributed by atoms with van der Waals surface area (Å²) in [5.41, 5.74) is 9.08. The third kappa shape index (κ3) is 4.06. The molecule has 0 spiro atoms. The molecule has 1 aromatic rings. The molecule has 0 aromatic heterocycles. The lowest BCUT2D eigenvalue weighted by Gasteiger charge is -2.14. The second kappa shape index (κ2) is 7.10. The minimum atomic E-state index is -0.478. The van der Waals surface area contributed by atoms with Crippen molar-refractivity contribution in [3.05, 3.63) is 29.8 Å². The first-order chi connectivity index (χ1) is 9.12. The molecule has 0 aliphatic rings. The van der Waals surface area contributed by atoms with Gasteiger partial charge >= 0.3 is 0 Å². The number of nitrogens with zero attached hydrogens (tertiary/aromatic N) is 2. The van der Waals surface area contributed by atoms with Crippen LogP contribution >= 0.6 is 0 Å². The zero-order chi connectivity index (χ0) is 14.3. The summed E-state index contributed by atoms with van der Waals surface area (Å²) in [6, 6.07) is 8.86. The fraction of sp³-hybridized carbons (Fsp3) is 0.250. The number of ether oxygens (including phenoxy) is 2. The number of nitrogens with two attached hydrogens (primary N) is 1. The molecule has 4 N–H and O–H groups in total. The molecule has 0 radical (unpaired) electrons. The van der Waals surface area contributed by atoms with Gasteiger partial charge in [0, 0.05) is 19.8 Å². The maximum atomic E-state index is 8.71. The molecule has 0 atom stereocenters. The van der Waals surface area contributed by atoms with Crippen LogP contribution in [-0.4, -0.2) is 25.8 Å². The molecule has 7 nitrogen and oxygen atoms in total. The second-order valence-corrected chi connectivity index (χ2v) is 3.53. The molecular weight excluding hydrogens is 246 g/mol. The van der Waals surface area contributed by atoms with Crippen molar-refractivity contribution < 1.29 is 9.47 Å². The summed E-state index contributed by atoms with van der Waals surface area (Å²) in [6.45, 7) is 0. The fourth-order valence-corrected chi connectivity index (χ4v) is 1.39. The number of anilines is 1. The van der Waals surface area contributed by atoms with Crippen LogP contribution in [0.2, 0.25) is 0 Å². The molecule has 19 heavy (non-hydrogen) atoms. The van der Waals surface area contributed by atoms with Crippen molar-refractivity contribution in [2.75, 3.05) is 19.6 Å². The van der Waals surface area contributed by atoms with E-state index in [-0.39, 0.29) is 5.71 Å². The van der Waals surface area contributed by atoms with Crippen LogP contribution in [-0.2, 0) is 9.47 Å². The summed E-state index contributed by atoms with van der Waals surface area (Å²) in [5.74, 6) is -0.391. The highest BCUT2D eigenvalue weighted by Gasteiger charge is 2.09. The minimum absolute atomic E-state index is 0.180. The van der Waals surface area contributed by atoms with Gasteiger partial charge in [0.2, 0.25) is 5.71 Å². The largest absolute Gasteiger partial charge is 0.382 e. The molecule has 0 bridgehead atoms. The van der Waals surface area contributed by atoms with Gasteiger partial charge in [-0.05, 0) is 12.1 Å². The Hall–Kier alpha value is -2.43. The molecule has 1 aromatic carbocycles. The molecule has 0 saturated carbocycles. The van der Waals surface area contributed by atoms with Crippen LogP contribution in [0.25, 0.3) is 0 Å². The van der Waals surface area contributed by atoms with Gasteiger partial charge in [-0.2, -0.15) is 10.4 Å². The van der Waals surface area contributed by atoms with Crippen LogP contribution < -0.4 is 11.2 Å². The molecule has 1 rings (SSSR count). The Balaban J connectivity index is 2.89. The van der Waals surface area contributed by atoms with E-state index in [0.717, 1.165) is 5.56 Å². The van der Waals surface area contributed by atoms with Gasteiger partial charge in [-0.15, -0.1) is 0 Å². The highest BCUT2D eigenvalue weighted by atomic mass is 16.7. The predicted octanol–water partition coefficient (Wildman–Crippen LogP) is 1.21. The Morgan fingerprint density at radius 1 is 1.47 bits per heavy atom. The van der Waals surface area contributed by atoms with Gasteiger partial charge in [0.05, 0.1) is 5.69 Å². The van der Waals surface area contributed by atoms with Crippen LogP contribution in [0.5, 0.6) is 0 Å². The van der Waals surface area contributed by atoms with E-state index in [1.165, 1.54) is 14.2 Å². The van der Waals surface area contributed by atoms with Crippen LogP contribution in [0.4, 0.5) is 5.69 Å². The van der Waals surface area contributed by atoms with Crippen LogP contribution in [0, 0.1) is 16.7 Å². The summed E-state index contributed by atoms with van der Waals surface area (Å²) in [5, 5.41) is 19.6. The van der Waals surface area contributed by atoms with E-state index < -0.39 is 12.1 Å². The fourth-order valence-electron chi connectivity index (χ4n) is 1.39. The number of hydrazone groups is 1. The summed E-state index contributed by atoms with van der Waals surface area (Å²) in [4.78, 5) is 0. The molecule has 100 valence electrons. The highest BCUT2D eigenvalue weighted by molar-refractivity contribution is 6.45. The van der Waals surface area contributed by atoms with Gasteiger partial charge in [-0.25, -0.2) is 0 Å². The molecule has 0 heterocycles. The zero-order valence-electron chi connectivity index (χ0n) is 10.7. The summed E-state index contributed by atoms with van der Waals surface area (Å²) in [7, 11) is 3.08. The van der Waals surface area contributed by atoms with E-state index in [4.69, 9.17) is 25.9 Å². The number of amidine groups is 1. The third-order valence-electron chi connectivity index (χ3n) is 2.24. The van der Waals surface area contributed by atoms with Crippen molar-refractivity contribution in [1.29, 1.82) is 10.7 Å². The first-order valence-corrected chi connectivity index (χ1v) is 5.36. The number of nitrogens with one attached hydrogen (secondary N) is 2. The topological polar surface area (TPSA) is 117 Å². The molecular formula is C12H15N5O2. The van der Waals surface area contributed by atoms with Gasteiger partial charge in [0.25, 0.3) is 0 Å². The van der Waals surface area contributed by atoms with E-state index in [2.05, 4.69) is 10.5 Å². The van der Waals surface area contributed by atoms with Crippen molar-refractivity contribution in [1.82, 2.24) is 0 Å². The Morgan fingerprint density at radius 3 is 2.68 bits per heavy atom. The lowest BCUT2D eigenvalue weighted by atomic mass is 10.2. The molecule has 0 fully saturated rings.